The summed E-state index contributed by atoms with van der Waals surface area (Å²) in [5.74, 6) is 0.645. The van der Waals surface area contributed by atoms with Gasteiger partial charge in [-0.2, -0.15) is 0 Å². The summed E-state index contributed by atoms with van der Waals surface area (Å²) < 4.78 is 46.1. The lowest BCUT2D eigenvalue weighted by molar-refractivity contribution is -0.130. The molecule has 1 amide bonds. The zero-order chi connectivity index (χ0) is 19.4. The quantitative estimate of drug-likeness (QED) is 0.699. The van der Waals surface area contributed by atoms with Gasteiger partial charge in [-0.25, -0.2) is 8.42 Å². The van der Waals surface area contributed by atoms with Gasteiger partial charge in [0.25, 0.3) is 15.9 Å². The van der Waals surface area contributed by atoms with Gasteiger partial charge in [0.05, 0.1) is 14.2 Å². The second kappa shape index (κ2) is 7.72. The lowest BCUT2D eigenvalue weighted by Gasteiger charge is -2.25. The van der Waals surface area contributed by atoms with Crippen LogP contribution >= 0.6 is 0 Å². The van der Waals surface area contributed by atoms with E-state index >= 15 is 0 Å². The van der Waals surface area contributed by atoms with Crippen molar-refractivity contribution in [2.75, 3.05) is 20.8 Å². The molecular formula is C17H18N2O7S. The molecule has 1 aliphatic rings. The second-order valence-electron chi connectivity index (χ2n) is 5.48. The molecular weight excluding hydrogens is 376 g/mol. The Hall–Kier alpha value is -2.98. The van der Waals surface area contributed by atoms with Gasteiger partial charge in [-0.3, -0.25) is 10.2 Å². The molecule has 2 aromatic carbocycles. The normalized spacial score (nSPS) is 15.7. The Morgan fingerprint density at radius 1 is 1.11 bits per heavy atom. The molecule has 0 spiro atoms. The topological polar surface area (TPSA) is 112 Å². The highest BCUT2D eigenvalue weighted by molar-refractivity contribution is 7.89. The van der Waals surface area contributed by atoms with E-state index in [1.165, 1.54) is 26.4 Å². The van der Waals surface area contributed by atoms with Crippen LogP contribution in [0.25, 0.3) is 0 Å². The number of nitrogens with one attached hydrogen (secondary N) is 2. The van der Waals surface area contributed by atoms with Crippen LogP contribution in [0.4, 0.5) is 0 Å². The molecule has 1 heterocycles. The first-order chi connectivity index (χ1) is 12.9. The van der Waals surface area contributed by atoms with Gasteiger partial charge in [0.15, 0.2) is 11.5 Å². The average molecular weight is 394 g/mol. The summed E-state index contributed by atoms with van der Waals surface area (Å²) in [6.45, 7) is -0.0486. The number of hydrogen-bond donors (Lipinski definition) is 2. The third-order valence-electron chi connectivity index (χ3n) is 3.77. The lowest BCUT2D eigenvalue weighted by Crippen LogP contribution is -2.50. The number of carbonyl (C=O) groups excluding carboxylic acids is 1. The summed E-state index contributed by atoms with van der Waals surface area (Å²) in [4.78, 5) is 14.1. The Morgan fingerprint density at radius 2 is 1.85 bits per heavy atom. The molecule has 0 saturated carbocycles. The third-order valence-corrected chi connectivity index (χ3v) is 5.04. The van der Waals surface area contributed by atoms with E-state index < -0.39 is 22.0 Å². The average Bonchev–Trinajstić information content (AvgIpc) is 2.71. The van der Waals surface area contributed by atoms with E-state index in [9.17, 15) is 13.2 Å². The Kier molecular flexibility index (Phi) is 5.38. The molecule has 2 aromatic rings. The monoisotopic (exact) mass is 394 g/mol. The van der Waals surface area contributed by atoms with Gasteiger partial charge >= 0.3 is 0 Å². The maximum Gasteiger partial charge on any atom is 0.279 e. The summed E-state index contributed by atoms with van der Waals surface area (Å²) in [5.41, 5.74) is 2.13. The lowest BCUT2D eigenvalue weighted by atomic mass is 10.2. The Bertz CT molecular complexity index is 946. The first-order valence-electron chi connectivity index (χ1n) is 7.87. The van der Waals surface area contributed by atoms with Crippen LogP contribution in [-0.2, 0) is 14.8 Å². The molecule has 0 aromatic heterocycles. The van der Waals surface area contributed by atoms with Crippen molar-refractivity contribution in [2.45, 2.75) is 11.0 Å². The van der Waals surface area contributed by atoms with Crippen molar-refractivity contribution < 1.29 is 32.2 Å². The van der Waals surface area contributed by atoms with Crippen molar-refractivity contribution in [1.82, 2.24) is 10.3 Å². The van der Waals surface area contributed by atoms with Crippen molar-refractivity contribution >= 4 is 15.9 Å². The highest BCUT2D eigenvalue weighted by Gasteiger charge is 2.29. The molecule has 0 bridgehead atoms. The van der Waals surface area contributed by atoms with Gasteiger partial charge < -0.3 is 18.9 Å². The molecule has 1 aliphatic heterocycles. The van der Waals surface area contributed by atoms with Crippen LogP contribution in [0.15, 0.2) is 47.4 Å². The molecule has 9 nitrogen and oxygen atoms in total. The van der Waals surface area contributed by atoms with Crippen LogP contribution in [0.3, 0.4) is 0 Å². The summed E-state index contributed by atoms with van der Waals surface area (Å²) in [7, 11) is -1.37. The summed E-state index contributed by atoms with van der Waals surface area (Å²) >= 11 is 0. The first-order valence-corrected chi connectivity index (χ1v) is 9.35. The van der Waals surface area contributed by atoms with Crippen LogP contribution in [0.1, 0.15) is 0 Å². The van der Waals surface area contributed by atoms with Crippen molar-refractivity contribution in [3.05, 3.63) is 42.5 Å². The highest BCUT2D eigenvalue weighted by atomic mass is 32.2. The largest absolute Gasteiger partial charge is 0.497 e. The SMILES string of the molecule is COc1ccc(OC)c(S(=O)(=O)NNC(=O)C2COc3ccccc3O2)c1. The fraction of sp³-hybridized carbons (Fsp3) is 0.235. The molecule has 1 unspecified atom stereocenters. The van der Waals surface area contributed by atoms with E-state index in [4.69, 9.17) is 18.9 Å². The van der Waals surface area contributed by atoms with E-state index in [0.29, 0.717) is 17.2 Å². The third kappa shape index (κ3) is 4.07. The predicted molar refractivity (Wildman–Crippen MR) is 94.4 cm³/mol. The Labute approximate surface area is 156 Å². The number of hydrogen-bond acceptors (Lipinski definition) is 7. The van der Waals surface area contributed by atoms with Crippen molar-refractivity contribution in [3.8, 4) is 23.0 Å². The molecule has 144 valence electrons. The Morgan fingerprint density at radius 3 is 2.56 bits per heavy atom. The highest BCUT2D eigenvalue weighted by Crippen LogP contribution is 2.31. The molecule has 0 saturated heterocycles. The van der Waals surface area contributed by atoms with E-state index in [-0.39, 0.29) is 17.3 Å². The molecule has 10 heteroatoms. The van der Waals surface area contributed by atoms with Gasteiger partial charge in [0, 0.05) is 6.07 Å². The van der Waals surface area contributed by atoms with E-state index in [2.05, 4.69) is 5.43 Å². The molecule has 0 fully saturated rings. The fourth-order valence-corrected chi connectivity index (χ4v) is 3.43. The van der Waals surface area contributed by atoms with Crippen LogP contribution in [0.5, 0.6) is 23.0 Å². The van der Waals surface area contributed by atoms with Gasteiger partial charge in [0.2, 0.25) is 6.10 Å². The number of rotatable bonds is 6. The van der Waals surface area contributed by atoms with Crippen molar-refractivity contribution in [2.24, 2.45) is 0 Å². The van der Waals surface area contributed by atoms with Gasteiger partial charge in [-0.15, -0.1) is 4.83 Å². The number of fused-ring (bicyclic) bond motifs is 1. The zero-order valence-electron chi connectivity index (χ0n) is 14.6. The molecule has 3 rings (SSSR count). The summed E-state index contributed by atoms with van der Waals surface area (Å²) in [6, 6.07) is 11.2. The maximum absolute atomic E-state index is 12.5. The minimum absolute atomic E-state index is 0.0486. The summed E-state index contributed by atoms with van der Waals surface area (Å²) in [6.07, 6.45) is -1.00. The standard InChI is InChI=1S/C17H18N2O7S/c1-23-11-7-8-14(24-2)16(9-11)27(21,22)19-18-17(20)15-10-25-12-5-3-4-6-13(12)26-15/h3-9,15,19H,10H2,1-2H3,(H,18,20). The van der Waals surface area contributed by atoms with Gasteiger partial charge in [-0.1, -0.05) is 12.1 Å². The van der Waals surface area contributed by atoms with E-state index in [0.717, 1.165) is 0 Å². The number of methoxy groups -OCH3 is 2. The number of carbonyl (C=O) groups is 1. The minimum Gasteiger partial charge on any atom is -0.497 e. The van der Waals surface area contributed by atoms with Crippen LogP contribution < -0.4 is 29.2 Å². The van der Waals surface area contributed by atoms with Crippen molar-refractivity contribution in [1.29, 1.82) is 0 Å². The smallest absolute Gasteiger partial charge is 0.279 e. The molecule has 2 N–H and O–H groups in total. The van der Waals surface area contributed by atoms with Crippen LogP contribution in [-0.4, -0.2) is 41.3 Å². The molecule has 0 radical (unpaired) electrons. The number of amides is 1. The van der Waals surface area contributed by atoms with Crippen LogP contribution in [0.2, 0.25) is 0 Å². The maximum atomic E-state index is 12.5. The molecule has 0 aliphatic carbocycles. The zero-order valence-corrected chi connectivity index (χ0v) is 15.4. The number of sulfonamides is 1. The van der Waals surface area contributed by atoms with Gasteiger partial charge in [-0.05, 0) is 24.3 Å². The number of benzene rings is 2. The summed E-state index contributed by atoms with van der Waals surface area (Å²) in [5, 5.41) is 0. The molecule has 1 atom stereocenters. The first kappa shape index (κ1) is 18.8. The number of ether oxygens (including phenoxy) is 4. The van der Waals surface area contributed by atoms with Crippen LogP contribution in [0, 0.1) is 0 Å². The molecule has 27 heavy (non-hydrogen) atoms. The predicted octanol–water partition coefficient (Wildman–Crippen LogP) is 0.853. The van der Waals surface area contributed by atoms with Crippen molar-refractivity contribution in [3.63, 3.8) is 0 Å². The van der Waals surface area contributed by atoms with Gasteiger partial charge in [0.1, 0.15) is 23.0 Å². The minimum atomic E-state index is -4.11. The fourth-order valence-electron chi connectivity index (χ4n) is 2.40. The second-order valence-corrected chi connectivity index (χ2v) is 7.13. The van der Waals surface area contributed by atoms with E-state index in [1.807, 2.05) is 4.83 Å². The number of para-hydroxylation sites is 2. The Balaban J connectivity index is 1.70. The van der Waals surface area contributed by atoms with E-state index in [1.54, 1.807) is 30.3 Å². The number of hydrazine groups is 1.